The van der Waals surface area contributed by atoms with Gasteiger partial charge in [-0.1, -0.05) is 30.4 Å². The molecule has 17 heavy (non-hydrogen) atoms. The minimum atomic E-state index is -0.716. The maximum Gasteiger partial charge on any atom is 0.373 e. The number of carbonyl (C=O) groups excluding carboxylic acids is 2. The van der Waals surface area contributed by atoms with Crippen molar-refractivity contribution in [2.24, 2.45) is 5.92 Å². The molecule has 0 aromatic heterocycles. The molecule has 5 heteroatoms. The van der Waals surface area contributed by atoms with Gasteiger partial charge in [0.05, 0.1) is 5.92 Å². The zero-order valence-corrected chi connectivity index (χ0v) is 10.2. The summed E-state index contributed by atoms with van der Waals surface area (Å²) in [6.45, 7) is 5.59. The van der Waals surface area contributed by atoms with Crippen molar-refractivity contribution in [3.8, 4) is 0 Å². The number of carboxylic acids is 1. The Morgan fingerprint density at radius 3 is 2.41 bits per heavy atom. The molecule has 0 spiro atoms. The first-order valence-electron chi connectivity index (χ1n) is 4.79. The molecule has 0 heterocycles. The van der Waals surface area contributed by atoms with Crippen molar-refractivity contribution in [3.63, 3.8) is 0 Å². The lowest BCUT2D eigenvalue weighted by atomic mass is 9.86. The van der Waals surface area contributed by atoms with Crippen LogP contribution in [-0.2, 0) is 14.4 Å². The van der Waals surface area contributed by atoms with Gasteiger partial charge >= 0.3 is 12.1 Å². The van der Waals surface area contributed by atoms with Crippen LogP contribution in [0.15, 0.2) is 36.0 Å². The van der Waals surface area contributed by atoms with E-state index in [1.165, 1.54) is 0 Å². The second-order valence-corrected chi connectivity index (χ2v) is 3.31. The molecule has 0 aromatic rings. The third-order valence-corrected chi connectivity index (χ3v) is 2.32. The lowest BCUT2D eigenvalue weighted by Gasteiger charge is -2.19. The SMILES string of the molecule is C=CC1=C/C(=C/C)CC(C(=O)O)C1.O=C=O.[Cl-]. The van der Waals surface area contributed by atoms with Crippen LogP contribution in [0, 0.1) is 5.92 Å². The van der Waals surface area contributed by atoms with Gasteiger partial charge in [-0.2, -0.15) is 9.59 Å². The molecule has 1 N–H and O–H groups in total. The van der Waals surface area contributed by atoms with Gasteiger partial charge < -0.3 is 17.5 Å². The summed E-state index contributed by atoms with van der Waals surface area (Å²) in [6, 6.07) is 0. The van der Waals surface area contributed by atoms with E-state index < -0.39 is 5.97 Å². The van der Waals surface area contributed by atoms with Gasteiger partial charge in [0.15, 0.2) is 0 Å². The Morgan fingerprint density at radius 1 is 1.53 bits per heavy atom. The molecule has 0 aromatic carbocycles. The lowest BCUT2D eigenvalue weighted by molar-refractivity contribution is -0.191. The summed E-state index contributed by atoms with van der Waals surface area (Å²) in [7, 11) is 0. The number of rotatable bonds is 2. The van der Waals surface area contributed by atoms with Crippen LogP contribution in [-0.4, -0.2) is 17.2 Å². The van der Waals surface area contributed by atoms with E-state index in [-0.39, 0.29) is 24.5 Å². The van der Waals surface area contributed by atoms with Crippen molar-refractivity contribution in [1.82, 2.24) is 0 Å². The first-order valence-corrected chi connectivity index (χ1v) is 4.79. The van der Waals surface area contributed by atoms with Crippen LogP contribution in [0.25, 0.3) is 0 Å². The smallest absolute Gasteiger partial charge is 0.373 e. The topological polar surface area (TPSA) is 71.4 Å². The van der Waals surface area contributed by atoms with Gasteiger partial charge in [0, 0.05) is 0 Å². The van der Waals surface area contributed by atoms with Crippen LogP contribution in [0.5, 0.6) is 0 Å². The second-order valence-electron chi connectivity index (χ2n) is 3.31. The highest BCUT2D eigenvalue weighted by Crippen LogP contribution is 2.28. The average Bonchev–Trinajstić information content (AvgIpc) is 2.29. The average molecular weight is 258 g/mol. The Kier molecular flexibility index (Phi) is 10.00. The van der Waals surface area contributed by atoms with Gasteiger partial charge in [0.2, 0.25) is 0 Å². The molecule has 0 radical (unpaired) electrons. The predicted molar refractivity (Wildman–Crippen MR) is 57.4 cm³/mol. The second kappa shape index (κ2) is 9.58. The molecule has 1 unspecified atom stereocenters. The van der Waals surface area contributed by atoms with Gasteiger partial charge in [0.25, 0.3) is 0 Å². The highest BCUT2D eigenvalue weighted by atomic mass is 35.5. The Morgan fingerprint density at radius 2 is 2.06 bits per heavy atom. The fourth-order valence-corrected chi connectivity index (χ4v) is 1.52. The Bertz CT molecular complexity index is 363. The summed E-state index contributed by atoms with van der Waals surface area (Å²) in [6.07, 6.45) is 7.21. The Balaban J connectivity index is 0. The highest BCUT2D eigenvalue weighted by molar-refractivity contribution is 5.71. The first-order chi connectivity index (χ1) is 7.58. The van der Waals surface area contributed by atoms with Crippen LogP contribution in [0.3, 0.4) is 0 Å². The summed E-state index contributed by atoms with van der Waals surface area (Å²) >= 11 is 0. The molecule has 0 amide bonds. The molecule has 0 saturated carbocycles. The summed E-state index contributed by atoms with van der Waals surface area (Å²) in [5.41, 5.74) is 2.11. The van der Waals surface area contributed by atoms with Crippen LogP contribution in [0.2, 0.25) is 0 Å². The standard InChI is InChI=1S/C11H14O2.CO2.ClH/c1-3-8-5-9(4-2)7-10(6-8)11(12)13;2-1-3;/h3-5,10H,1,6-7H2,2H3,(H,12,13);;1H/p-1/b9-4-;;. The number of allylic oxidation sites excluding steroid dienone is 5. The Hall–Kier alpha value is -1.64. The van der Waals surface area contributed by atoms with Crippen LogP contribution >= 0.6 is 0 Å². The summed E-state index contributed by atoms with van der Waals surface area (Å²) in [4.78, 5) is 27.0. The molecule has 0 aliphatic heterocycles. The third-order valence-electron chi connectivity index (χ3n) is 2.32. The molecule has 1 aliphatic rings. The fourth-order valence-electron chi connectivity index (χ4n) is 1.52. The van der Waals surface area contributed by atoms with E-state index in [9.17, 15) is 4.79 Å². The molecule has 1 rings (SSSR count). The number of hydrogen-bond acceptors (Lipinski definition) is 3. The third kappa shape index (κ3) is 6.51. The van der Waals surface area contributed by atoms with E-state index >= 15 is 0 Å². The normalized spacial score (nSPS) is 19.9. The minimum absolute atomic E-state index is 0. The van der Waals surface area contributed by atoms with Crippen molar-refractivity contribution >= 4 is 12.1 Å². The molecule has 0 fully saturated rings. The van der Waals surface area contributed by atoms with E-state index in [1.807, 2.05) is 19.1 Å². The van der Waals surface area contributed by atoms with Crippen molar-refractivity contribution in [3.05, 3.63) is 36.0 Å². The molecule has 0 saturated heterocycles. The largest absolute Gasteiger partial charge is 1.00 e. The quantitative estimate of drug-likeness (QED) is 0.686. The molecule has 1 atom stereocenters. The van der Waals surface area contributed by atoms with E-state index in [2.05, 4.69) is 6.58 Å². The number of halogens is 1. The zero-order valence-electron chi connectivity index (χ0n) is 9.48. The summed E-state index contributed by atoms with van der Waals surface area (Å²) in [5.74, 6) is -0.990. The van der Waals surface area contributed by atoms with Gasteiger partial charge in [0.1, 0.15) is 0 Å². The van der Waals surface area contributed by atoms with Gasteiger partial charge in [-0.25, -0.2) is 0 Å². The first kappa shape index (κ1) is 17.7. The maximum atomic E-state index is 10.8. The monoisotopic (exact) mass is 257 g/mol. The van der Waals surface area contributed by atoms with Crippen molar-refractivity contribution in [1.29, 1.82) is 0 Å². The summed E-state index contributed by atoms with van der Waals surface area (Å²) < 4.78 is 0. The number of carbonyl (C=O) groups is 1. The summed E-state index contributed by atoms with van der Waals surface area (Å²) in [5, 5.41) is 8.88. The Labute approximate surface area is 106 Å². The predicted octanol–water partition coefficient (Wildman–Crippen LogP) is -1.04. The number of carboxylic acid groups (broad SMARTS) is 1. The number of hydrogen-bond donors (Lipinski definition) is 1. The van der Waals surface area contributed by atoms with E-state index in [1.54, 1.807) is 6.08 Å². The van der Waals surface area contributed by atoms with Crippen molar-refractivity contribution < 1.29 is 31.9 Å². The number of aliphatic carboxylic acids is 1. The lowest BCUT2D eigenvalue weighted by Crippen LogP contribution is -3.00. The van der Waals surface area contributed by atoms with Crippen molar-refractivity contribution in [2.45, 2.75) is 19.8 Å². The molecular weight excluding hydrogens is 244 g/mol. The molecule has 4 nitrogen and oxygen atoms in total. The van der Waals surface area contributed by atoms with Crippen LogP contribution in [0.1, 0.15) is 19.8 Å². The van der Waals surface area contributed by atoms with E-state index in [0.717, 1.165) is 11.1 Å². The molecular formula is C12H14ClO4-. The van der Waals surface area contributed by atoms with E-state index in [4.69, 9.17) is 14.7 Å². The van der Waals surface area contributed by atoms with Gasteiger partial charge in [-0.15, -0.1) is 0 Å². The van der Waals surface area contributed by atoms with E-state index in [0.29, 0.717) is 12.8 Å². The zero-order chi connectivity index (χ0) is 12.6. The van der Waals surface area contributed by atoms with Gasteiger partial charge in [-0.3, -0.25) is 4.79 Å². The van der Waals surface area contributed by atoms with Crippen LogP contribution in [0.4, 0.5) is 0 Å². The van der Waals surface area contributed by atoms with Gasteiger partial charge in [-0.05, 0) is 25.3 Å². The molecule has 0 bridgehead atoms. The highest BCUT2D eigenvalue weighted by Gasteiger charge is 2.22. The van der Waals surface area contributed by atoms with Crippen molar-refractivity contribution in [2.75, 3.05) is 0 Å². The molecule has 1 aliphatic carbocycles. The molecule has 94 valence electrons. The van der Waals surface area contributed by atoms with Crippen LogP contribution < -0.4 is 12.4 Å². The fraction of sp³-hybridized carbons (Fsp3) is 0.333. The minimum Gasteiger partial charge on any atom is -1.00 e. The maximum absolute atomic E-state index is 10.8.